The lowest BCUT2D eigenvalue weighted by molar-refractivity contribution is -0.119. The second-order valence-electron chi connectivity index (χ2n) is 4.52. The number of anilines is 1. The van der Waals surface area contributed by atoms with E-state index >= 15 is 0 Å². The summed E-state index contributed by atoms with van der Waals surface area (Å²) in [5, 5.41) is 0. The van der Waals surface area contributed by atoms with Crippen molar-refractivity contribution >= 4 is 11.6 Å². The van der Waals surface area contributed by atoms with Gasteiger partial charge in [-0.2, -0.15) is 0 Å². The van der Waals surface area contributed by atoms with Crippen LogP contribution >= 0.6 is 0 Å². The van der Waals surface area contributed by atoms with Crippen molar-refractivity contribution in [3.05, 3.63) is 29.6 Å². The van der Waals surface area contributed by atoms with Gasteiger partial charge in [0.05, 0.1) is 0 Å². The normalized spacial score (nSPS) is 19.4. The Bertz CT molecular complexity index is 431. The van der Waals surface area contributed by atoms with Crippen molar-refractivity contribution < 1.29 is 9.18 Å². The van der Waals surface area contributed by atoms with Gasteiger partial charge >= 0.3 is 0 Å². The first-order valence-electron chi connectivity index (χ1n) is 5.37. The average molecular weight is 222 g/mol. The lowest BCUT2D eigenvalue weighted by Gasteiger charge is -2.19. The van der Waals surface area contributed by atoms with E-state index in [0.29, 0.717) is 18.0 Å². The van der Waals surface area contributed by atoms with Crippen LogP contribution < -0.4 is 10.6 Å². The van der Waals surface area contributed by atoms with Crippen LogP contribution in [0.3, 0.4) is 0 Å². The molecule has 4 heteroatoms. The molecule has 2 N–H and O–H groups in total. The van der Waals surface area contributed by atoms with Crippen LogP contribution in [0.2, 0.25) is 0 Å². The van der Waals surface area contributed by atoms with E-state index < -0.39 is 6.04 Å². The smallest absolute Gasteiger partial charge is 0.248 e. The molecule has 0 saturated heterocycles. The van der Waals surface area contributed by atoms with Crippen molar-refractivity contribution in [2.75, 3.05) is 11.4 Å². The number of rotatable bonds is 2. The molecule has 16 heavy (non-hydrogen) atoms. The fourth-order valence-electron chi connectivity index (χ4n) is 1.99. The van der Waals surface area contributed by atoms with Gasteiger partial charge in [-0.1, -0.05) is 13.8 Å². The molecule has 0 aliphatic carbocycles. The van der Waals surface area contributed by atoms with Gasteiger partial charge in [-0.05, 0) is 24.1 Å². The number of halogens is 1. The van der Waals surface area contributed by atoms with Crippen molar-refractivity contribution in [3.8, 4) is 0 Å². The zero-order chi connectivity index (χ0) is 11.9. The Kier molecular flexibility index (Phi) is 2.68. The minimum atomic E-state index is -0.718. The quantitative estimate of drug-likeness (QED) is 0.829. The summed E-state index contributed by atoms with van der Waals surface area (Å²) >= 11 is 0. The number of hydrogen-bond donors (Lipinski definition) is 1. The summed E-state index contributed by atoms with van der Waals surface area (Å²) in [6, 6.07) is 3.61. The lowest BCUT2D eigenvalue weighted by atomic mass is 10.1. The van der Waals surface area contributed by atoms with E-state index in [4.69, 9.17) is 5.73 Å². The van der Waals surface area contributed by atoms with E-state index in [2.05, 4.69) is 0 Å². The van der Waals surface area contributed by atoms with Gasteiger partial charge in [0.15, 0.2) is 0 Å². The summed E-state index contributed by atoms with van der Waals surface area (Å²) in [7, 11) is 0. The molecule has 1 heterocycles. The molecule has 86 valence electrons. The monoisotopic (exact) mass is 222 g/mol. The highest BCUT2D eigenvalue weighted by atomic mass is 19.1. The van der Waals surface area contributed by atoms with Gasteiger partial charge in [0.2, 0.25) is 5.91 Å². The first kappa shape index (κ1) is 11.1. The van der Waals surface area contributed by atoms with Crippen LogP contribution in [0, 0.1) is 11.7 Å². The summed E-state index contributed by atoms with van der Waals surface area (Å²) in [4.78, 5) is 13.5. The van der Waals surface area contributed by atoms with Crippen LogP contribution in [-0.2, 0) is 4.79 Å². The molecule has 0 radical (unpaired) electrons. The van der Waals surface area contributed by atoms with Gasteiger partial charge in [0, 0.05) is 17.8 Å². The number of carbonyl (C=O) groups excluding carboxylic acids is 1. The predicted molar refractivity (Wildman–Crippen MR) is 60.5 cm³/mol. The zero-order valence-electron chi connectivity index (χ0n) is 9.40. The predicted octanol–water partition coefficient (Wildman–Crippen LogP) is 1.83. The van der Waals surface area contributed by atoms with Crippen molar-refractivity contribution in [2.24, 2.45) is 11.7 Å². The Balaban J connectivity index is 2.42. The van der Waals surface area contributed by atoms with Gasteiger partial charge in [-0.3, -0.25) is 4.79 Å². The number of benzene rings is 1. The molecule has 3 nitrogen and oxygen atoms in total. The number of amides is 1. The third kappa shape index (κ3) is 1.69. The molecule has 1 aliphatic rings. The van der Waals surface area contributed by atoms with Crippen LogP contribution in [0.5, 0.6) is 0 Å². The maximum absolute atomic E-state index is 13.1. The first-order valence-corrected chi connectivity index (χ1v) is 5.37. The van der Waals surface area contributed by atoms with E-state index in [1.807, 2.05) is 13.8 Å². The Morgan fingerprint density at radius 2 is 2.19 bits per heavy atom. The standard InChI is InChI=1S/C12H15FN2O/c1-7(2)6-15-10-4-3-8(13)5-9(10)11(14)12(15)16/h3-5,7,11H,6,14H2,1-2H3/t11-/m0/s1. The van der Waals surface area contributed by atoms with Crippen molar-refractivity contribution in [1.29, 1.82) is 0 Å². The number of nitrogens with zero attached hydrogens (tertiary/aromatic N) is 1. The highest BCUT2D eigenvalue weighted by Crippen LogP contribution is 2.35. The number of nitrogens with two attached hydrogens (primary N) is 1. The van der Waals surface area contributed by atoms with E-state index in [1.165, 1.54) is 12.1 Å². The molecule has 0 bridgehead atoms. The van der Waals surface area contributed by atoms with Gasteiger partial charge in [-0.25, -0.2) is 4.39 Å². The molecule has 0 aromatic heterocycles. The molecular formula is C12H15FN2O. The summed E-state index contributed by atoms with van der Waals surface area (Å²) in [5.41, 5.74) is 7.10. The van der Waals surface area contributed by atoms with Crippen LogP contribution in [-0.4, -0.2) is 12.5 Å². The average Bonchev–Trinajstić information content (AvgIpc) is 2.43. The molecule has 1 aromatic carbocycles. The fraction of sp³-hybridized carbons (Fsp3) is 0.417. The molecule has 1 atom stereocenters. The molecule has 1 aromatic rings. The van der Waals surface area contributed by atoms with Gasteiger partial charge in [-0.15, -0.1) is 0 Å². The summed E-state index contributed by atoms with van der Waals surface area (Å²) < 4.78 is 13.1. The van der Waals surface area contributed by atoms with Crippen molar-refractivity contribution in [1.82, 2.24) is 0 Å². The summed E-state index contributed by atoms with van der Waals surface area (Å²) in [5.74, 6) is -0.144. The Labute approximate surface area is 94.0 Å². The molecule has 1 amide bonds. The number of hydrogen-bond acceptors (Lipinski definition) is 2. The van der Waals surface area contributed by atoms with Gasteiger partial charge < -0.3 is 10.6 Å². The van der Waals surface area contributed by atoms with Gasteiger partial charge in [0.25, 0.3) is 0 Å². The Hall–Kier alpha value is -1.42. The molecular weight excluding hydrogens is 207 g/mol. The number of fused-ring (bicyclic) bond motifs is 1. The molecule has 0 fully saturated rings. The molecule has 2 rings (SSSR count). The van der Waals surface area contributed by atoms with E-state index in [-0.39, 0.29) is 11.7 Å². The van der Waals surface area contributed by atoms with Crippen molar-refractivity contribution in [2.45, 2.75) is 19.9 Å². The van der Waals surface area contributed by atoms with Crippen LogP contribution in [0.4, 0.5) is 10.1 Å². The lowest BCUT2D eigenvalue weighted by Crippen LogP contribution is -2.34. The maximum Gasteiger partial charge on any atom is 0.248 e. The third-order valence-electron chi connectivity index (χ3n) is 2.70. The SMILES string of the molecule is CC(C)CN1C(=O)[C@@H](N)c2cc(F)ccc21. The third-order valence-corrected chi connectivity index (χ3v) is 2.70. The zero-order valence-corrected chi connectivity index (χ0v) is 9.40. The second kappa shape index (κ2) is 3.87. The minimum Gasteiger partial charge on any atom is -0.316 e. The Morgan fingerprint density at radius 1 is 1.50 bits per heavy atom. The topological polar surface area (TPSA) is 46.3 Å². The van der Waals surface area contributed by atoms with E-state index in [0.717, 1.165) is 5.69 Å². The highest BCUT2D eigenvalue weighted by Gasteiger charge is 2.34. The molecule has 1 aliphatic heterocycles. The molecule has 0 saturated carbocycles. The van der Waals surface area contributed by atoms with E-state index in [1.54, 1.807) is 11.0 Å². The first-order chi connectivity index (χ1) is 7.50. The van der Waals surface area contributed by atoms with Crippen LogP contribution in [0.1, 0.15) is 25.5 Å². The maximum atomic E-state index is 13.1. The summed E-state index contributed by atoms with van der Waals surface area (Å²) in [6.45, 7) is 4.67. The van der Waals surface area contributed by atoms with Gasteiger partial charge in [0.1, 0.15) is 11.9 Å². The molecule has 0 unspecified atom stereocenters. The minimum absolute atomic E-state index is 0.144. The van der Waals surface area contributed by atoms with Crippen LogP contribution in [0.15, 0.2) is 18.2 Å². The fourth-order valence-corrected chi connectivity index (χ4v) is 1.99. The van der Waals surface area contributed by atoms with Crippen molar-refractivity contribution in [3.63, 3.8) is 0 Å². The number of carbonyl (C=O) groups is 1. The molecule has 0 spiro atoms. The second-order valence-corrected chi connectivity index (χ2v) is 4.52. The largest absolute Gasteiger partial charge is 0.316 e. The Morgan fingerprint density at radius 3 is 2.81 bits per heavy atom. The summed E-state index contributed by atoms with van der Waals surface area (Å²) in [6.07, 6.45) is 0. The van der Waals surface area contributed by atoms with Crippen LogP contribution in [0.25, 0.3) is 0 Å². The van der Waals surface area contributed by atoms with E-state index in [9.17, 15) is 9.18 Å². The highest BCUT2D eigenvalue weighted by molar-refractivity contribution is 6.04.